The van der Waals surface area contributed by atoms with Crippen LogP contribution in [0.25, 0.3) is 11.1 Å². The van der Waals surface area contributed by atoms with E-state index in [0.29, 0.717) is 30.0 Å². The molecule has 0 spiro atoms. The first-order chi connectivity index (χ1) is 17.8. The van der Waals surface area contributed by atoms with E-state index in [-0.39, 0.29) is 5.91 Å². The van der Waals surface area contributed by atoms with Gasteiger partial charge in [-0.15, -0.1) is 0 Å². The number of nitrogens with zero attached hydrogens (tertiary/aromatic N) is 1. The number of carboxylic acids is 1. The number of hydrogen-bond acceptors (Lipinski definition) is 4. The van der Waals surface area contributed by atoms with Crippen molar-refractivity contribution in [3.63, 3.8) is 0 Å². The van der Waals surface area contributed by atoms with E-state index in [9.17, 15) is 14.7 Å². The van der Waals surface area contributed by atoms with Gasteiger partial charge in [0.1, 0.15) is 5.75 Å². The maximum absolute atomic E-state index is 13.7. The Bertz CT molecular complexity index is 1400. The topological polar surface area (TPSA) is 76.1 Å². The Kier molecular flexibility index (Phi) is 7.39. The van der Waals surface area contributed by atoms with Crippen molar-refractivity contribution in [2.45, 2.75) is 73.3 Å². The van der Waals surface area contributed by atoms with Gasteiger partial charge in [-0.1, -0.05) is 35.9 Å². The number of aryl methyl sites for hydroxylation is 2. The number of rotatable bonds is 6. The first-order valence-electron chi connectivity index (χ1n) is 12.9. The maximum atomic E-state index is 13.7. The molecule has 38 heavy (non-hydrogen) atoms. The van der Waals surface area contributed by atoms with E-state index in [1.807, 2.05) is 89.8 Å². The van der Waals surface area contributed by atoms with Crippen LogP contribution >= 0.6 is 0 Å². The lowest BCUT2D eigenvalue weighted by molar-refractivity contribution is -0.160. The lowest BCUT2D eigenvalue weighted by Crippen LogP contribution is -2.28. The molecule has 0 saturated heterocycles. The molecule has 6 heteroatoms. The first kappa shape index (κ1) is 27.4. The van der Waals surface area contributed by atoms with E-state index >= 15 is 0 Å². The number of benzene rings is 3. The zero-order chi connectivity index (χ0) is 27.9. The smallest absolute Gasteiger partial charge is 0.337 e. The summed E-state index contributed by atoms with van der Waals surface area (Å²) < 4.78 is 11.5. The van der Waals surface area contributed by atoms with Crippen LogP contribution in [0, 0.1) is 27.7 Å². The molecular weight excluding hydrogens is 478 g/mol. The molecule has 0 saturated carbocycles. The highest BCUT2D eigenvalue weighted by atomic mass is 16.5. The predicted octanol–water partition coefficient (Wildman–Crippen LogP) is 6.69. The van der Waals surface area contributed by atoms with E-state index in [1.165, 1.54) is 0 Å². The van der Waals surface area contributed by atoms with Gasteiger partial charge in [0.15, 0.2) is 6.10 Å². The zero-order valence-corrected chi connectivity index (χ0v) is 23.6. The second-order valence-electron chi connectivity index (χ2n) is 11.2. The summed E-state index contributed by atoms with van der Waals surface area (Å²) in [5.41, 5.74) is 8.28. The molecule has 3 aromatic rings. The van der Waals surface area contributed by atoms with Gasteiger partial charge in [0, 0.05) is 24.2 Å². The van der Waals surface area contributed by atoms with Gasteiger partial charge in [0.2, 0.25) is 0 Å². The summed E-state index contributed by atoms with van der Waals surface area (Å²) in [6, 6.07) is 13.6. The molecule has 3 aromatic carbocycles. The largest absolute Gasteiger partial charge is 0.497 e. The Balaban J connectivity index is 1.89. The lowest BCUT2D eigenvalue weighted by atomic mass is 9.83. The summed E-state index contributed by atoms with van der Waals surface area (Å²) in [5, 5.41) is 10.3. The monoisotopic (exact) mass is 515 g/mol. The molecule has 1 heterocycles. The third kappa shape index (κ3) is 5.18. The Labute approximate surface area is 225 Å². The number of hydrogen-bond donors (Lipinski definition) is 1. The number of amides is 1. The Hall–Kier alpha value is -3.64. The van der Waals surface area contributed by atoms with Crippen molar-refractivity contribution in [2.75, 3.05) is 7.11 Å². The van der Waals surface area contributed by atoms with E-state index in [0.717, 1.165) is 44.5 Å². The minimum absolute atomic E-state index is 0.0736. The summed E-state index contributed by atoms with van der Waals surface area (Å²) in [7, 11) is 1.59. The minimum atomic E-state index is -1.15. The van der Waals surface area contributed by atoms with E-state index in [4.69, 9.17) is 9.47 Å². The van der Waals surface area contributed by atoms with Crippen LogP contribution in [0.4, 0.5) is 0 Å². The predicted molar refractivity (Wildman–Crippen MR) is 149 cm³/mol. The molecule has 1 N–H and O–H groups in total. The quantitative estimate of drug-likeness (QED) is 0.396. The van der Waals surface area contributed by atoms with Crippen LogP contribution in [0.5, 0.6) is 5.75 Å². The van der Waals surface area contributed by atoms with Gasteiger partial charge in [0.25, 0.3) is 5.91 Å². The molecule has 0 aromatic heterocycles. The molecule has 1 aliphatic rings. The standard InChI is InChI=1S/C32H37NO5/c1-18-9-12-22(13-10-18)27-20(3)25-16-33(30(34)24-15-23(37-8)14-11-19(24)2)17-26(25)21(4)28(27)29(31(35)36)38-32(5,6)7/h9-15,29H,16-17H2,1-8H3,(H,35,36)/t29-/m0/s1. The van der Waals surface area contributed by atoms with Crippen molar-refractivity contribution in [1.82, 2.24) is 4.90 Å². The van der Waals surface area contributed by atoms with Crippen molar-refractivity contribution in [3.05, 3.63) is 87.0 Å². The second-order valence-corrected chi connectivity index (χ2v) is 11.2. The molecule has 0 bridgehead atoms. The van der Waals surface area contributed by atoms with Gasteiger partial charge < -0.3 is 19.5 Å². The van der Waals surface area contributed by atoms with Crippen molar-refractivity contribution < 1.29 is 24.2 Å². The van der Waals surface area contributed by atoms with Crippen molar-refractivity contribution in [2.24, 2.45) is 0 Å². The number of fused-ring (bicyclic) bond motifs is 1. The number of carbonyl (C=O) groups is 2. The molecule has 0 fully saturated rings. The summed E-state index contributed by atoms with van der Waals surface area (Å²) in [6.45, 7) is 14.4. The SMILES string of the molecule is COc1ccc(C)c(C(=O)N2Cc3c(C)c(-c4ccc(C)cc4)c([C@H](OC(C)(C)C)C(=O)O)c(C)c3C2)c1. The molecule has 0 radical (unpaired) electrons. The van der Waals surface area contributed by atoms with Crippen LogP contribution in [0.2, 0.25) is 0 Å². The van der Waals surface area contributed by atoms with Crippen LogP contribution in [0.3, 0.4) is 0 Å². The molecule has 200 valence electrons. The first-order valence-corrected chi connectivity index (χ1v) is 12.9. The van der Waals surface area contributed by atoms with Crippen molar-refractivity contribution >= 4 is 11.9 Å². The summed E-state index contributed by atoms with van der Waals surface area (Å²) in [4.78, 5) is 28.1. The molecule has 1 aliphatic heterocycles. The highest BCUT2D eigenvalue weighted by Gasteiger charge is 2.36. The third-order valence-electron chi connectivity index (χ3n) is 7.28. The lowest BCUT2D eigenvalue weighted by Gasteiger charge is -2.29. The maximum Gasteiger partial charge on any atom is 0.337 e. The molecular formula is C32H37NO5. The Morgan fingerprint density at radius 2 is 1.53 bits per heavy atom. The fourth-order valence-corrected chi connectivity index (χ4v) is 5.30. The Morgan fingerprint density at radius 3 is 2.08 bits per heavy atom. The average molecular weight is 516 g/mol. The van der Waals surface area contributed by atoms with Gasteiger partial charge >= 0.3 is 5.97 Å². The number of ether oxygens (including phenoxy) is 2. The Morgan fingerprint density at radius 1 is 0.921 bits per heavy atom. The van der Waals surface area contributed by atoms with Gasteiger partial charge in [-0.25, -0.2) is 4.79 Å². The van der Waals surface area contributed by atoms with Crippen LogP contribution in [-0.2, 0) is 22.6 Å². The fourth-order valence-electron chi connectivity index (χ4n) is 5.30. The van der Waals surface area contributed by atoms with Crippen LogP contribution in [0.1, 0.15) is 76.2 Å². The molecule has 0 unspecified atom stereocenters. The third-order valence-corrected chi connectivity index (χ3v) is 7.28. The minimum Gasteiger partial charge on any atom is -0.497 e. The summed E-state index contributed by atoms with van der Waals surface area (Å²) in [5.74, 6) is -0.472. The number of carboxylic acid groups (broad SMARTS) is 1. The summed E-state index contributed by atoms with van der Waals surface area (Å²) >= 11 is 0. The van der Waals surface area contributed by atoms with Crippen LogP contribution in [-0.4, -0.2) is 34.6 Å². The fraction of sp³-hybridized carbons (Fsp3) is 0.375. The van der Waals surface area contributed by atoms with Crippen LogP contribution in [0.15, 0.2) is 42.5 Å². The second kappa shape index (κ2) is 10.3. The van der Waals surface area contributed by atoms with Crippen molar-refractivity contribution in [1.29, 1.82) is 0 Å². The molecule has 6 nitrogen and oxygen atoms in total. The number of carbonyl (C=O) groups excluding carboxylic acids is 1. The molecule has 1 atom stereocenters. The molecule has 1 amide bonds. The average Bonchev–Trinajstić information content (AvgIpc) is 3.31. The molecule has 0 aliphatic carbocycles. The zero-order valence-electron chi connectivity index (χ0n) is 23.6. The van der Waals surface area contributed by atoms with Crippen molar-refractivity contribution in [3.8, 4) is 16.9 Å². The van der Waals surface area contributed by atoms with E-state index in [1.54, 1.807) is 13.2 Å². The van der Waals surface area contributed by atoms with Gasteiger partial charge in [-0.2, -0.15) is 0 Å². The normalized spacial score (nSPS) is 13.8. The number of methoxy groups -OCH3 is 1. The highest BCUT2D eigenvalue weighted by molar-refractivity contribution is 5.96. The number of aliphatic carboxylic acids is 1. The molecule has 4 rings (SSSR count). The van der Waals surface area contributed by atoms with E-state index in [2.05, 4.69) is 0 Å². The van der Waals surface area contributed by atoms with Gasteiger partial charge in [-0.05, 0) is 99.5 Å². The van der Waals surface area contributed by atoms with Gasteiger partial charge in [-0.3, -0.25) is 4.79 Å². The summed E-state index contributed by atoms with van der Waals surface area (Å²) in [6.07, 6.45) is -1.15. The highest BCUT2D eigenvalue weighted by Crippen LogP contribution is 2.44. The van der Waals surface area contributed by atoms with Gasteiger partial charge in [0.05, 0.1) is 12.7 Å². The van der Waals surface area contributed by atoms with Crippen LogP contribution < -0.4 is 4.74 Å². The van der Waals surface area contributed by atoms with E-state index < -0.39 is 17.7 Å².